The van der Waals surface area contributed by atoms with Crippen molar-refractivity contribution in [2.45, 2.75) is 51.7 Å². The zero-order chi connectivity index (χ0) is 12.3. The Balaban J connectivity index is 1.80. The largest absolute Gasteiger partial charge is 0.491 e. The number of hydrogen-bond donors (Lipinski definition) is 1. The van der Waals surface area contributed by atoms with E-state index in [1.165, 1.54) is 18.4 Å². The highest BCUT2D eigenvalue weighted by atomic mass is 16.5. The molecule has 0 bridgehead atoms. The molecule has 1 atom stereocenters. The second-order valence-electron chi connectivity index (χ2n) is 5.35. The van der Waals surface area contributed by atoms with Gasteiger partial charge in [-0.25, -0.2) is 0 Å². The van der Waals surface area contributed by atoms with Crippen LogP contribution < -0.4 is 10.5 Å². The predicted molar refractivity (Wildman–Crippen MR) is 71.2 cm³/mol. The Hall–Kier alpha value is -1.02. The van der Waals surface area contributed by atoms with Gasteiger partial charge in [0.15, 0.2) is 0 Å². The Kier molecular flexibility index (Phi) is 4.06. The van der Waals surface area contributed by atoms with E-state index in [0.717, 1.165) is 24.5 Å². The minimum absolute atomic E-state index is 0.240. The van der Waals surface area contributed by atoms with Gasteiger partial charge in [-0.3, -0.25) is 0 Å². The topological polar surface area (TPSA) is 35.2 Å². The molecule has 0 spiro atoms. The van der Waals surface area contributed by atoms with Gasteiger partial charge < -0.3 is 10.5 Å². The highest BCUT2D eigenvalue weighted by molar-refractivity contribution is 5.27. The van der Waals surface area contributed by atoms with Crippen molar-refractivity contribution in [3.05, 3.63) is 29.8 Å². The normalized spacial score (nSPS) is 17.2. The van der Waals surface area contributed by atoms with Crippen LogP contribution in [0.2, 0.25) is 0 Å². The first-order chi connectivity index (χ1) is 8.15. The van der Waals surface area contributed by atoms with Crippen LogP contribution in [-0.2, 0) is 6.42 Å². The highest BCUT2D eigenvalue weighted by Crippen LogP contribution is 2.33. The van der Waals surface area contributed by atoms with Crippen LogP contribution in [0.15, 0.2) is 24.3 Å². The summed E-state index contributed by atoms with van der Waals surface area (Å²) in [4.78, 5) is 0. The van der Waals surface area contributed by atoms with Crippen LogP contribution in [0.5, 0.6) is 5.75 Å². The van der Waals surface area contributed by atoms with Crippen molar-refractivity contribution < 1.29 is 4.74 Å². The van der Waals surface area contributed by atoms with Gasteiger partial charge in [0, 0.05) is 6.04 Å². The molecule has 2 rings (SSSR count). The molecule has 1 aliphatic rings. The zero-order valence-electron chi connectivity index (χ0n) is 10.9. The van der Waals surface area contributed by atoms with Crippen molar-refractivity contribution in [2.24, 2.45) is 11.7 Å². The fourth-order valence-electron chi connectivity index (χ4n) is 2.10. The molecule has 2 nitrogen and oxygen atoms in total. The summed E-state index contributed by atoms with van der Waals surface area (Å²) in [7, 11) is 0. The third kappa shape index (κ3) is 4.04. The molecule has 1 unspecified atom stereocenters. The van der Waals surface area contributed by atoms with Crippen LogP contribution in [-0.4, -0.2) is 12.1 Å². The molecule has 1 aromatic rings. The number of aryl methyl sites for hydroxylation is 1. The summed E-state index contributed by atoms with van der Waals surface area (Å²) < 4.78 is 5.62. The molecule has 2 heteroatoms. The lowest BCUT2D eigenvalue weighted by atomic mass is 10.0. The molecule has 0 aromatic heterocycles. The average Bonchev–Trinajstić information content (AvgIpc) is 3.11. The summed E-state index contributed by atoms with van der Waals surface area (Å²) in [5.74, 6) is 1.76. The van der Waals surface area contributed by atoms with E-state index in [4.69, 9.17) is 10.5 Å². The van der Waals surface area contributed by atoms with E-state index >= 15 is 0 Å². The van der Waals surface area contributed by atoms with Crippen molar-refractivity contribution in [1.82, 2.24) is 0 Å². The lowest BCUT2D eigenvalue weighted by Crippen LogP contribution is -2.22. The van der Waals surface area contributed by atoms with Crippen LogP contribution in [0.3, 0.4) is 0 Å². The Morgan fingerprint density at radius 3 is 2.41 bits per heavy atom. The molecule has 0 aliphatic heterocycles. The Bertz CT molecular complexity index is 340. The van der Waals surface area contributed by atoms with Gasteiger partial charge in [0.2, 0.25) is 0 Å². The zero-order valence-corrected chi connectivity index (χ0v) is 10.9. The van der Waals surface area contributed by atoms with E-state index in [1.807, 2.05) is 13.8 Å². The summed E-state index contributed by atoms with van der Waals surface area (Å²) in [6.45, 7) is 4.09. The molecule has 17 heavy (non-hydrogen) atoms. The molecular formula is C15H23NO. The third-order valence-corrected chi connectivity index (χ3v) is 3.29. The van der Waals surface area contributed by atoms with Crippen molar-refractivity contribution >= 4 is 0 Å². The van der Waals surface area contributed by atoms with Gasteiger partial charge in [-0.1, -0.05) is 12.1 Å². The molecule has 1 saturated carbocycles. The quantitative estimate of drug-likeness (QED) is 0.819. The number of benzene rings is 1. The van der Waals surface area contributed by atoms with E-state index in [2.05, 4.69) is 24.3 Å². The van der Waals surface area contributed by atoms with Crippen molar-refractivity contribution in [3.63, 3.8) is 0 Å². The monoisotopic (exact) mass is 233 g/mol. The molecular weight excluding hydrogens is 210 g/mol. The summed E-state index contributed by atoms with van der Waals surface area (Å²) in [6, 6.07) is 8.81. The van der Waals surface area contributed by atoms with Crippen LogP contribution in [0.1, 0.15) is 38.7 Å². The molecule has 0 amide bonds. The van der Waals surface area contributed by atoms with Gasteiger partial charge in [0.05, 0.1) is 6.10 Å². The van der Waals surface area contributed by atoms with Crippen molar-refractivity contribution in [3.8, 4) is 5.75 Å². The standard InChI is InChI=1S/C15H23NO/c1-11(2)17-14-8-3-12(4-9-14)5-10-15(16)13-6-7-13/h3-4,8-9,11,13,15H,5-7,10,16H2,1-2H3. The van der Waals surface area contributed by atoms with Gasteiger partial charge in [0.1, 0.15) is 5.75 Å². The maximum Gasteiger partial charge on any atom is 0.119 e. The fraction of sp³-hybridized carbons (Fsp3) is 0.600. The van der Waals surface area contributed by atoms with Crippen molar-refractivity contribution in [2.75, 3.05) is 0 Å². The molecule has 1 aromatic carbocycles. The summed E-state index contributed by atoms with van der Waals surface area (Å²) in [5, 5.41) is 0. The minimum atomic E-state index is 0.240. The number of nitrogens with two attached hydrogens (primary N) is 1. The highest BCUT2D eigenvalue weighted by Gasteiger charge is 2.27. The third-order valence-electron chi connectivity index (χ3n) is 3.29. The average molecular weight is 233 g/mol. The summed E-state index contributed by atoms with van der Waals surface area (Å²) in [5.41, 5.74) is 7.46. The summed E-state index contributed by atoms with van der Waals surface area (Å²) in [6.07, 6.45) is 5.10. The number of ether oxygens (including phenoxy) is 1. The lowest BCUT2D eigenvalue weighted by Gasteiger charge is -2.12. The van der Waals surface area contributed by atoms with Gasteiger partial charge >= 0.3 is 0 Å². The first kappa shape index (κ1) is 12.4. The molecule has 0 heterocycles. The van der Waals surface area contributed by atoms with Gasteiger partial charge in [-0.05, 0) is 63.1 Å². The second kappa shape index (κ2) is 5.54. The van der Waals surface area contributed by atoms with Crippen LogP contribution >= 0.6 is 0 Å². The molecule has 2 N–H and O–H groups in total. The minimum Gasteiger partial charge on any atom is -0.491 e. The molecule has 0 saturated heterocycles. The SMILES string of the molecule is CC(C)Oc1ccc(CCC(N)C2CC2)cc1. The van der Waals surface area contributed by atoms with E-state index in [1.54, 1.807) is 0 Å². The molecule has 94 valence electrons. The molecule has 0 radical (unpaired) electrons. The molecule has 1 fully saturated rings. The lowest BCUT2D eigenvalue weighted by molar-refractivity contribution is 0.242. The van der Waals surface area contributed by atoms with Crippen LogP contribution in [0, 0.1) is 5.92 Å². The predicted octanol–water partition coefficient (Wildman–Crippen LogP) is 3.14. The maximum absolute atomic E-state index is 6.10. The van der Waals surface area contributed by atoms with E-state index in [0.29, 0.717) is 6.04 Å². The number of rotatable bonds is 6. The van der Waals surface area contributed by atoms with E-state index in [9.17, 15) is 0 Å². The maximum atomic E-state index is 6.10. The van der Waals surface area contributed by atoms with Crippen LogP contribution in [0.25, 0.3) is 0 Å². The van der Waals surface area contributed by atoms with E-state index < -0.39 is 0 Å². The van der Waals surface area contributed by atoms with Crippen molar-refractivity contribution in [1.29, 1.82) is 0 Å². The van der Waals surface area contributed by atoms with Gasteiger partial charge in [-0.15, -0.1) is 0 Å². The van der Waals surface area contributed by atoms with Gasteiger partial charge in [0.25, 0.3) is 0 Å². The Labute approximate surface area is 104 Å². The van der Waals surface area contributed by atoms with Crippen LogP contribution in [0.4, 0.5) is 0 Å². The first-order valence-corrected chi connectivity index (χ1v) is 6.66. The smallest absolute Gasteiger partial charge is 0.119 e. The second-order valence-corrected chi connectivity index (χ2v) is 5.35. The fourth-order valence-corrected chi connectivity index (χ4v) is 2.10. The van der Waals surface area contributed by atoms with E-state index in [-0.39, 0.29) is 6.10 Å². The Morgan fingerprint density at radius 2 is 1.88 bits per heavy atom. The first-order valence-electron chi connectivity index (χ1n) is 6.66. The summed E-state index contributed by atoms with van der Waals surface area (Å²) >= 11 is 0. The molecule has 1 aliphatic carbocycles. The van der Waals surface area contributed by atoms with Gasteiger partial charge in [-0.2, -0.15) is 0 Å². The Morgan fingerprint density at radius 1 is 1.24 bits per heavy atom. The number of hydrogen-bond acceptors (Lipinski definition) is 2.